The van der Waals surface area contributed by atoms with Crippen LogP contribution in [-0.2, 0) is 0 Å². The number of rotatable bonds is 3. The monoisotopic (exact) mass is 393 g/mol. The molecule has 2 fully saturated rings. The van der Waals surface area contributed by atoms with Crippen LogP contribution >= 0.6 is 15.9 Å². The molecule has 132 valence electrons. The third-order valence-corrected chi connectivity index (χ3v) is 5.78. The van der Waals surface area contributed by atoms with Crippen molar-refractivity contribution >= 4 is 27.6 Å². The number of carbonyl (C=O) groups excluding carboxylic acids is 1. The highest BCUT2D eigenvalue weighted by Gasteiger charge is 2.25. The maximum atomic E-state index is 12.4. The Bertz CT molecular complexity index is 540. The van der Waals surface area contributed by atoms with Gasteiger partial charge in [0.2, 0.25) is 0 Å². The van der Waals surface area contributed by atoms with Crippen molar-refractivity contribution in [3.8, 4) is 0 Å². The average Bonchev–Trinajstić information content (AvgIpc) is 2.57. The number of piperidine rings is 2. The number of likely N-dealkylation sites (tertiary alicyclic amines) is 2. The van der Waals surface area contributed by atoms with Crippen LogP contribution in [0.1, 0.15) is 32.6 Å². The van der Waals surface area contributed by atoms with Crippen LogP contribution in [0.4, 0.5) is 10.5 Å². The molecular formula is C19H28BrN3O. The average molecular weight is 394 g/mol. The quantitative estimate of drug-likeness (QED) is 0.824. The predicted octanol–water partition coefficient (Wildman–Crippen LogP) is 4.42. The fourth-order valence-electron chi connectivity index (χ4n) is 3.87. The number of benzene rings is 1. The van der Waals surface area contributed by atoms with E-state index in [1.165, 1.54) is 32.5 Å². The van der Waals surface area contributed by atoms with Crippen LogP contribution in [0.2, 0.25) is 0 Å². The van der Waals surface area contributed by atoms with E-state index in [0.29, 0.717) is 0 Å². The van der Waals surface area contributed by atoms with Crippen LogP contribution < -0.4 is 5.32 Å². The molecule has 1 aromatic carbocycles. The fraction of sp³-hybridized carbons (Fsp3) is 0.632. The molecule has 0 spiro atoms. The van der Waals surface area contributed by atoms with E-state index < -0.39 is 0 Å². The molecular weight excluding hydrogens is 366 g/mol. The van der Waals surface area contributed by atoms with Crippen molar-refractivity contribution in [2.24, 2.45) is 11.8 Å². The summed E-state index contributed by atoms with van der Waals surface area (Å²) >= 11 is 3.41. The van der Waals surface area contributed by atoms with Crippen LogP contribution in [0.3, 0.4) is 0 Å². The smallest absolute Gasteiger partial charge is 0.321 e. The zero-order valence-electron chi connectivity index (χ0n) is 14.5. The summed E-state index contributed by atoms with van der Waals surface area (Å²) in [6, 6.07) is 7.77. The van der Waals surface area contributed by atoms with Crippen molar-refractivity contribution in [1.29, 1.82) is 0 Å². The zero-order valence-corrected chi connectivity index (χ0v) is 16.1. The molecule has 2 saturated heterocycles. The lowest BCUT2D eigenvalue weighted by Gasteiger charge is -2.37. The second kappa shape index (κ2) is 8.34. The van der Waals surface area contributed by atoms with Crippen LogP contribution in [0.25, 0.3) is 0 Å². The number of amides is 2. The molecule has 0 saturated carbocycles. The molecule has 4 nitrogen and oxygen atoms in total. The minimum absolute atomic E-state index is 0.0300. The van der Waals surface area contributed by atoms with Gasteiger partial charge in [0.05, 0.1) is 0 Å². The highest BCUT2D eigenvalue weighted by Crippen LogP contribution is 2.23. The third kappa shape index (κ3) is 4.96. The second-order valence-electron chi connectivity index (χ2n) is 7.37. The molecule has 1 atom stereocenters. The van der Waals surface area contributed by atoms with Crippen LogP contribution in [0, 0.1) is 11.8 Å². The first-order chi connectivity index (χ1) is 11.6. The van der Waals surface area contributed by atoms with Crippen molar-refractivity contribution in [2.45, 2.75) is 32.6 Å². The number of anilines is 1. The summed E-state index contributed by atoms with van der Waals surface area (Å²) in [5.74, 6) is 1.59. The van der Waals surface area contributed by atoms with Crippen molar-refractivity contribution < 1.29 is 4.79 Å². The van der Waals surface area contributed by atoms with E-state index in [1.54, 1.807) is 0 Å². The lowest BCUT2D eigenvalue weighted by atomic mass is 9.94. The molecule has 1 N–H and O–H groups in total. The highest BCUT2D eigenvalue weighted by molar-refractivity contribution is 9.10. The van der Waals surface area contributed by atoms with Gasteiger partial charge in [-0.2, -0.15) is 0 Å². The summed E-state index contributed by atoms with van der Waals surface area (Å²) in [6.45, 7) is 7.83. The molecule has 2 amide bonds. The van der Waals surface area contributed by atoms with Crippen LogP contribution in [0.5, 0.6) is 0 Å². The van der Waals surface area contributed by atoms with Gasteiger partial charge in [0.15, 0.2) is 0 Å². The topological polar surface area (TPSA) is 35.6 Å². The Hall–Kier alpha value is -1.07. The van der Waals surface area contributed by atoms with Gasteiger partial charge in [-0.3, -0.25) is 0 Å². The molecule has 0 radical (unpaired) electrons. The van der Waals surface area contributed by atoms with E-state index >= 15 is 0 Å². The van der Waals surface area contributed by atoms with Gasteiger partial charge in [0.25, 0.3) is 0 Å². The van der Waals surface area contributed by atoms with Crippen molar-refractivity contribution in [3.05, 3.63) is 28.7 Å². The molecule has 5 heteroatoms. The van der Waals surface area contributed by atoms with Gasteiger partial charge in [-0.1, -0.05) is 22.9 Å². The summed E-state index contributed by atoms with van der Waals surface area (Å²) in [7, 11) is 0. The van der Waals surface area contributed by atoms with Crippen molar-refractivity contribution in [1.82, 2.24) is 9.80 Å². The Labute approximate surface area is 153 Å². The summed E-state index contributed by atoms with van der Waals surface area (Å²) in [4.78, 5) is 17.0. The van der Waals surface area contributed by atoms with E-state index in [2.05, 4.69) is 33.1 Å². The van der Waals surface area contributed by atoms with Crippen molar-refractivity contribution in [2.75, 3.05) is 38.0 Å². The molecule has 2 aliphatic heterocycles. The Morgan fingerprint density at radius 3 is 2.54 bits per heavy atom. The minimum Gasteiger partial charge on any atom is -0.325 e. The first-order valence-corrected chi connectivity index (χ1v) is 9.93. The molecule has 0 bridgehead atoms. The van der Waals surface area contributed by atoms with Gasteiger partial charge in [-0.15, -0.1) is 0 Å². The number of nitrogens with one attached hydrogen (secondary N) is 1. The molecule has 3 rings (SSSR count). The summed E-state index contributed by atoms with van der Waals surface area (Å²) in [6.07, 6.45) is 4.97. The highest BCUT2D eigenvalue weighted by atomic mass is 79.9. The zero-order chi connectivity index (χ0) is 16.9. The second-order valence-corrected chi connectivity index (χ2v) is 8.29. The summed E-state index contributed by atoms with van der Waals surface area (Å²) in [5.41, 5.74) is 0.854. The largest absolute Gasteiger partial charge is 0.325 e. The first kappa shape index (κ1) is 17.7. The number of hydrogen-bond donors (Lipinski definition) is 1. The normalized spacial score (nSPS) is 23.2. The lowest BCUT2D eigenvalue weighted by Crippen LogP contribution is -2.44. The molecule has 1 aromatic rings. The summed E-state index contributed by atoms with van der Waals surface area (Å²) in [5, 5.41) is 3.00. The SMILES string of the molecule is C[C@@H]1CCCN(CC2CCN(C(=O)Nc3ccc(Br)cc3)CC2)C1. The number of urea groups is 1. The Morgan fingerprint density at radius 2 is 1.88 bits per heavy atom. The molecule has 2 heterocycles. The van der Waals surface area contributed by atoms with Gasteiger partial charge in [-0.05, 0) is 68.3 Å². The van der Waals surface area contributed by atoms with Crippen molar-refractivity contribution in [3.63, 3.8) is 0 Å². The van der Waals surface area contributed by atoms with Crippen LogP contribution in [-0.4, -0.2) is 48.6 Å². The molecule has 2 aliphatic rings. The fourth-order valence-corrected chi connectivity index (χ4v) is 4.14. The first-order valence-electron chi connectivity index (χ1n) is 9.14. The van der Waals surface area contributed by atoms with Crippen LogP contribution in [0.15, 0.2) is 28.7 Å². The standard InChI is InChI=1S/C19H28BrN3O/c1-15-3-2-10-22(13-15)14-16-8-11-23(12-9-16)19(24)21-18-6-4-17(20)5-7-18/h4-7,15-16H,2-3,8-14H2,1H3,(H,21,24)/t15-/m1/s1. The Morgan fingerprint density at radius 1 is 1.17 bits per heavy atom. The maximum Gasteiger partial charge on any atom is 0.321 e. The number of hydrogen-bond acceptors (Lipinski definition) is 2. The van der Waals surface area contributed by atoms with Gasteiger partial charge in [0, 0.05) is 36.3 Å². The van der Waals surface area contributed by atoms with Gasteiger partial charge in [-0.25, -0.2) is 4.79 Å². The van der Waals surface area contributed by atoms with E-state index in [-0.39, 0.29) is 6.03 Å². The number of nitrogens with zero attached hydrogens (tertiary/aromatic N) is 2. The third-order valence-electron chi connectivity index (χ3n) is 5.25. The molecule has 0 unspecified atom stereocenters. The van der Waals surface area contributed by atoms with Gasteiger partial charge >= 0.3 is 6.03 Å². The van der Waals surface area contributed by atoms with E-state index in [9.17, 15) is 4.79 Å². The van der Waals surface area contributed by atoms with Gasteiger partial charge < -0.3 is 15.1 Å². The lowest BCUT2D eigenvalue weighted by molar-refractivity contribution is 0.125. The van der Waals surface area contributed by atoms with E-state index in [0.717, 1.165) is 47.9 Å². The number of halogens is 1. The predicted molar refractivity (Wildman–Crippen MR) is 102 cm³/mol. The van der Waals surface area contributed by atoms with E-state index in [1.807, 2.05) is 29.2 Å². The Kier molecular flexibility index (Phi) is 6.17. The van der Waals surface area contributed by atoms with E-state index in [4.69, 9.17) is 0 Å². The molecule has 0 aromatic heterocycles. The molecule has 0 aliphatic carbocycles. The Balaban J connectivity index is 1.42. The summed E-state index contributed by atoms with van der Waals surface area (Å²) < 4.78 is 1.02. The van der Waals surface area contributed by atoms with Gasteiger partial charge in [0.1, 0.15) is 0 Å². The number of carbonyl (C=O) groups is 1. The minimum atomic E-state index is 0.0300. The maximum absolute atomic E-state index is 12.4. The molecule has 24 heavy (non-hydrogen) atoms.